The second kappa shape index (κ2) is 5.73. The summed E-state index contributed by atoms with van der Waals surface area (Å²) < 4.78 is 43.8. The van der Waals surface area contributed by atoms with Gasteiger partial charge in [0.15, 0.2) is 6.10 Å². The molecule has 0 bridgehead atoms. The number of thiophene rings is 1. The number of nitrogens with zero attached hydrogens (tertiary/aromatic N) is 1. The molecule has 0 aliphatic carbocycles. The van der Waals surface area contributed by atoms with E-state index in [1.54, 1.807) is 13.1 Å². The molecule has 23 heavy (non-hydrogen) atoms. The summed E-state index contributed by atoms with van der Waals surface area (Å²) in [7, 11) is 1.54. The van der Waals surface area contributed by atoms with Gasteiger partial charge in [-0.05, 0) is 35.0 Å². The van der Waals surface area contributed by atoms with Crippen LogP contribution >= 0.6 is 11.3 Å². The molecular formula is C16H12F3NO2S. The van der Waals surface area contributed by atoms with Crippen LogP contribution in [0.1, 0.15) is 17.2 Å². The number of likely N-dealkylation sites (N-methyl/N-ethyl adjacent to an activating group) is 1. The van der Waals surface area contributed by atoms with E-state index in [1.807, 2.05) is 10.8 Å². The van der Waals surface area contributed by atoms with Gasteiger partial charge in [-0.25, -0.2) is 0 Å². The predicted octanol–water partition coefficient (Wildman–Crippen LogP) is 4.39. The highest BCUT2D eigenvalue weighted by Gasteiger charge is 2.35. The first kappa shape index (κ1) is 15.6. The quantitative estimate of drug-likeness (QED) is 0.831. The molecule has 1 aliphatic rings. The van der Waals surface area contributed by atoms with Crippen molar-refractivity contribution in [1.29, 1.82) is 0 Å². The number of hydrogen-bond acceptors (Lipinski definition) is 4. The number of Topliss-reactive ketones (excluding diaryl/α,β-unsaturated/α-hetero) is 1. The van der Waals surface area contributed by atoms with Crippen molar-refractivity contribution in [3.05, 3.63) is 64.2 Å². The summed E-state index contributed by atoms with van der Waals surface area (Å²) in [6, 6.07) is 6.61. The van der Waals surface area contributed by atoms with Crippen molar-refractivity contribution in [3.63, 3.8) is 0 Å². The van der Waals surface area contributed by atoms with Crippen molar-refractivity contribution in [3.8, 4) is 0 Å². The van der Waals surface area contributed by atoms with E-state index >= 15 is 0 Å². The van der Waals surface area contributed by atoms with E-state index in [1.165, 1.54) is 34.6 Å². The van der Waals surface area contributed by atoms with Crippen molar-refractivity contribution in [2.75, 3.05) is 11.9 Å². The van der Waals surface area contributed by atoms with E-state index in [0.717, 1.165) is 17.7 Å². The lowest BCUT2D eigenvalue weighted by Gasteiger charge is -2.20. The van der Waals surface area contributed by atoms with E-state index in [4.69, 9.17) is 4.74 Å². The Morgan fingerprint density at radius 1 is 1.26 bits per heavy atom. The minimum Gasteiger partial charge on any atom is -0.483 e. The van der Waals surface area contributed by atoms with Crippen molar-refractivity contribution in [2.24, 2.45) is 0 Å². The second-order valence-corrected chi connectivity index (χ2v) is 5.83. The summed E-state index contributed by atoms with van der Waals surface area (Å²) in [5, 5.41) is 3.64. The number of carbonyl (C=O) groups excluding carboxylic acids is 1. The molecule has 0 saturated carbocycles. The number of benzene rings is 1. The van der Waals surface area contributed by atoms with Crippen molar-refractivity contribution in [2.45, 2.75) is 12.3 Å². The number of halogens is 3. The van der Waals surface area contributed by atoms with Gasteiger partial charge < -0.3 is 9.64 Å². The molecule has 7 heteroatoms. The molecule has 2 aromatic rings. The summed E-state index contributed by atoms with van der Waals surface area (Å²) in [6.07, 6.45) is -3.87. The molecule has 1 aromatic carbocycles. The van der Waals surface area contributed by atoms with Gasteiger partial charge in [0.25, 0.3) is 0 Å². The largest absolute Gasteiger partial charge is 0.483 e. The standard InChI is InChI=1S/C16H12F3NO2S/c1-20(12-4-2-3-11(7-12)16(17,18)19)13-8-22-15(14(13)21)10-5-6-23-9-10/h2-9,15H,1H3. The normalized spacial score (nSPS) is 17.8. The van der Waals surface area contributed by atoms with Gasteiger partial charge in [0.2, 0.25) is 5.78 Å². The molecule has 1 unspecified atom stereocenters. The monoisotopic (exact) mass is 339 g/mol. The summed E-state index contributed by atoms with van der Waals surface area (Å²) in [5.74, 6) is -0.275. The minimum atomic E-state index is -4.43. The molecule has 0 amide bonds. The molecule has 1 aromatic heterocycles. The van der Waals surface area contributed by atoms with Crippen LogP contribution in [0.15, 0.2) is 53.1 Å². The molecule has 0 radical (unpaired) electrons. The highest BCUT2D eigenvalue weighted by molar-refractivity contribution is 7.08. The van der Waals surface area contributed by atoms with Crippen LogP contribution in [0.4, 0.5) is 18.9 Å². The zero-order chi connectivity index (χ0) is 16.6. The number of alkyl halides is 3. The minimum absolute atomic E-state index is 0.223. The Labute approximate surface area is 134 Å². The van der Waals surface area contributed by atoms with Gasteiger partial charge >= 0.3 is 6.18 Å². The lowest BCUT2D eigenvalue weighted by Crippen LogP contribution is -2.23. The SMILES string of the molecule is CN(C1=COC(c2ccsc2)C1=O)c1cccc(C(F)(F)F)c1. The van der Waals surface area contributed by atoms with Crippen LogP contribution in [0.2, 0.25) is 0 Å². The lowest BCUT2D eigenvalue weighted by molar-refractivity contribution is -0.137. The number of hydrogen-bond donors (Lipinski definition) is 0. The maximum Gasteiger partial charge on any atom is 0.416 e. The molecule has 1 aliphatic heterocycles. The molecule has 2 heterocycles. The number of ketones is 1. The van der Waals surface area contributed by atoms with Crippen molar-refractivity contribution < 1.29 is 22.7 Å². The fourth-order valence-corrected chi connectivity index (χ4v) is 2.99. The van der Waals surface area contributed by atoms with Crippen LogP contribution in [0.25, 0.3) is 0 Å². The Morgan fingerprint density at radius 3 is 2.70 bits per heavy atom. The van der Waals surface area contributed by atoms with E-state index in [9.17, 15) is 18.0 Å². The molecule has 3 rings (SSSR count). The second-order valence-electron chi connectivity index (χ2n) is 5.05. The Hall–Kier alpha value is -2.28. The van der Waals surface area contributed by atoms with Crippen LogP contribution in [0, 0.1) is 0 Å². The molecule has 1 atom stereocenters. The van der Waals surface area contributed by atoms with Crippen LogP contribution in [0.5, 0.6) is 0 Å². The van der Waals surface area contributed by atoms with Crippen LogP contribution in [0.3, 0.4) is 0 Å². The summed E-state index contributed by atoms with van der Waals surface area (Å²) in [4.78, 5) is 13.9. The van der Waals surface area contributed by atoms with Crippen molar-refractivity contribution >= 4 is 22.8 Å². The third-order valence-electron chi connectivity index (χ3n) is 3.57. The molecule has 0 N–H and O–H groups in total. The topological polar surface area (TPSA) is 29.5 Å². The van der Waals surface area contributed by atoms with Gasteiger partial charge in [0.05, 0.1) is 5.56 Å². The van der Waals surface area contributed by atoms with Gasteiger partial charge in [-0.1, -0.05) is 6.07 Å². The highest BCUT2D eigenvalue weighted by Crippen LogP contribution is 2.35. The van der Waals surface area contributed by atoms with E-state index in [0.29, 0.717) is 0 Å². The summed E-state index contributed by atoms with van der Waals surface area (Å²) in [6.45, 7) is 0. The number of anilines is 1. The summed E-state index contributed by atoms with van der Waals surface area (Å²) in [5.41, 5.74) is 0.474. The Bertz CT molecular complexity index is 753. The van der Waals surface area contributed by atoms with Gasteiger partial charge in [-0.15, -0.1) is 0 Å². The first-order chi connectivity index (χ1) is 10.9. The van der Waals surface area contributed by atoms with E-state index in [2.05, 4.69) is 0 Å². The fraction of sp³-hybridized carbons (Fsp3) is 0.188. The third kappa shape index (κ3) is 2.96. The lowest BCUT2D eigenvalue weighted by atomic mass is 10.1. The predicted molar refractivity (Wildman–Crippen MR) is 81.1 cm³/mol. The van der Waals surface area contributed by atoms with E-state index < -0.39 is 17.8 Å². The fourth-order valence-electron chi connectivity index (χ4n) is 2.32. The Balaban J connectivity index is 1.84. The van der Waals surface area contributed by atoms with Crippen LogP contribution in [-0.2, 0) is 15.7 Å². The average molecular weight is 339 g/mol. The summed E-state index contributed by atoms with van der Waals surface area (Å²) >= 11 is 1.45. The van der Waals surface area contributed by atoms with Crippen molar-refractivity contribution in [1.82, 2.24) is 0 Å². The highest BCUT2D eigenvalue weighted by atomic mass is 32.1. The molecule has 3 nitrogen and oxygen atoms in total. The zero-order valence-corrected chi connectivity index (χ0v) is 12.8. The number of rotatable bonds is 3. The first-order valence-electron chi connectivity index (χ1n) is 6.71. The maximum absolute atomic E-state index is 12.8. The maximum atomic E-state index is 12.8. The Kier molecular flexibility index (Phi) is 3.89. The molecule has 0 saturated heterocycles. The molecular weight excluding hydrogens is 327 g/mol. The number of ether oxygens (including phenoxy) is 1. The average Bonchev–Trinajstić information content (AvgIpc) is 3.15. The van der Waals surface area contributed by atoms with Gasteiger partial charge in [-0.2, -0.15) is 24.5 Å². The Morgan fingerprint density at radius 2 is 2.04 bits per heavy atom. The molecule has 0 spiro atoms. The number of carbonyl (C=O) groups is 1. The third-order valence-corrected chi connectivity index (χ3v) is 4.28. The van der Waals surface area contributed by atoms with Crippen LogP contribution < -0.4 is 4.90 Å². The molecule has 120 valence electrons. The van der Waals surface area contributed by atoms with E-state index in [-0.39, 0.29) is 17.2 Å². The van der Waals surface area contributed by atoms with Gasteiger partial charge in [0.1, 0.15) is 12.0 Å². The van der Waals surface area contributed by atoms with Gasteiger partial charge in [-0.3, -0.25) is 4.79 Å². The van der Waals surface area contributed by atoms with Gasteiger partial charge in [0, 0.05) is 18.3 Å². The van der Waals surface area contributed by atoms with Crippen LogP contribution in [-0.4, -0.2) is 12.8 Å². The smallest absolute Gasteiger partial charge is 0.416 e. The first-order valence-corrected chi connectivity index (χ1v) is 7.65. The zero-order valence-electron chi connectivity index (χ0n) is 12.0. The molecule has 0 fully saturated rings.